The topological polar surface area (TPSA) is 83.8 Å². The summed E-state index contributed by atoms with van der Waals surface area (Å²) in [6.45, 7) is 2.53. The summed E-state index contributed by atoms with van der Waals surface area (Å²) < 4.78 is 1.89. The lowest BCUT2D eigenvalue weighted by Crippen LogP contribution is -2.35. The first-order valence-corrected chi connectivity index (χ1v) is 10.2. The van der Waals surface area contributed by atoms with E-state index in [9.17, 15) is 14.4 Å². The largest absolute Gasteiger partial charge is 0.351 e. The van der Waals surface area contributed by atoms with Crippen molar-refractivity contribution in [2.45, 2.75) is 13.5 Å². The van der Waals surface area contributed by atoms with Gasteiger partial charge in [-0.05, 0) is 36.8 Å². The number of aromatic nitrogens is 2. The molecule has 2 amide bonds. The molecule has 7 nitrogen and oxygen atoms in total. The van der Waals surface area contributed by atoms with Gasteiger partial charge in [-0.2, -0.15) is 0 Å². The molecule has 3 aromatic rings. The molecule has 0 bridgehead atoms. The standard InChI is InChI=1S/C21H18Cl2N4O3/c1-2-26-11-15(18(28)21(26)30)20(29)25-8-12-3-5-14-9-24-19(27(14)10-12)13-4-6-16(22)17(23)7-13/h3-7,9-10,15H,2,8,11H2,1H3,(H,25,29). The molecule has 1 aromatic carbocycles. The maximum Gasteiger partial charge on any atom is 0.290 e. The van der Waals surface area contributed by atoms with Gasteiger partial charge in [0.15, 0.2) is 0 Å². The molecular weight excluding hydrogens is 427 g/mol. The molecule has 0 aliphatic carbocycles. The number of ketones is 1. The van der Waals surface area contributed by atoms with Crippen LogP contribution >= 0.6 is 23.2 Å². The minimum Gasteiger partial charge on any atom is -0.351 e. The van der Waals surface area contributed by atoms with E-state index in [1.54, 1.807) is 25.3 Å². The Morgan fingerprint density at radius 1 is 1.20 bits per heavy atom. The number of nitrogens with zero attached hydrogens (tertiary/aromatic N) is 3. The van der Waals surface area contributed by atoms with Crippen molar-refractivity contribution in [2.75, 3.05) is 13.1 Å². The van der Waals surface area contributed by atoms with Gasteiger partial charge < -0.3 is 10.2 Å². The number of hydrogen-bond acceptors (Lipinski definition) is 4. The average Bonchev–Trinajstić information content (AvgIpc) is 3.29. The number of carbonyl (C=O) groups is 3. The molecule has 1 fully saturated rings. The summed E-state index contributed by atoms with van der Waals surface area (Å²) in [5.41, 5.74) is 2.50. The van der Waals surface area contributed by atoms with Gasteiger partial charge in [-0.3, -0.25) is 18.8 Å². The van der Waals surface area contributed by atoms with Gasteiger partial charge in [-0.15, -0.1) is 0 Å². The summed E-state index contributed by atoms with van der Waals surface area (Å²) in [6.07, 6.45) is 3.60. The van der Waals surface area contributed by atoms with Gasteiger partial charge in [-0.25, -0.2) is 4.98 Å². The van der Waals surface area contributed by atoms with Crippen LogP contribution in [0.25, 0.3) is 16.9 Å². The fourth-order valence-corrected chi connectivity index (χ4v) is 3.76. The number of fused-ring (bicyclic) bond motifs is 1. The number of likely N-dealkylation sites (tertiary alicyclic amines) is 1. The number of likely N-dealkylation sites (N-methyl/N-ethyl adjacent to an activating group) is 1. The summed E-state index contributed by atoms with van der Waals surface area (Å²) >= 11 is 12.1. The quantitative estimate of drug-likeness (QED) is 0.484. The number of rotatable bonds is 5. The minimum atomic E-state index is -0.957. The Kier molecular flexibility index (Phi) is 5.49. The SMILES string of the molecule is CCN1CC(C(=O)NCc2ccc3cnc(-c4ccc(Cl)c(Cl)c4)n3c2)C(=O)C1=O. The zero-order valence-corrected chi connectivity index (χ0v) is 17.6. The Balaban J connectivity index is 1.53. The van der Waals surface area contributed by atoms with Crippen LogP contribution in [0.4, 0.5) is 0 Å². The van der Waals surface area contributed by atoms with Crippen molar-refractivity contribution in [3.63, 3.8) is 0 Å². The van der Waals surface area contributed by atoms with Crippen LogP contribution in [-0.4, -0.2) is 45.0 Å². The van der Waals surface area contributed by atoms with Crippen LogP contribution in [0.1, 0.15) is 12.5 Å². The number of Topliss-reactive ketones (excluding diaryl/α,β-unsaturated/α-hetero) is 1. The summed E-state index contributed by atoms with van der Waals surface area (Å²) in [5.74, 6) is -1.96. The summed E-state index contributed by atoms with van der Waals surface area (Å²) in [6, 6.07) is 9.05. The summed E-state index contributed by atoms with van der Waals surface area (Å²) in [4.78, 5) is 42.2. The van der Waals surface area contributed by atoms with Crippen molar-refractivity contribution < 1.29 is 14.4 Å². The minimum absolute atomic E-state index is 0.127. The molecule has 2 aromatic heterocycles. The molecule has 1 atom stereocenters. The highest BCUT2D eigenvalue weighted by atomic mass is 35.5. The maximum atomic E-state index is 12.5. The van der Waals surface area contributed by atoms with Gasteiger partial charge in [0.25, 0.3) is 5.91 Å². The molecule has 30 heavy (non-hydrogen) atoms. The molecule has 1 N–H and O–H groups in total. The third-order valence-electron chi connectivity index (χ3n) is 5.15. The van der Waals surface area contributed by atoms with Gasteiger partial charge in [0, 0.05) is 31.4 Å². The highest BCUT2D eigenvalue weighted by molar-refractivity contribution is 6.42. The average molecular weight is 445 g/mol. The van der Waals surface area contributed by atoms with E-state index in [1.165, 1.54) is 4.90 Å². The number of halogens is 2. The zero-order chi connectivity index (χ0) is 21.4. The fourth-order valence-electron chi connectivity index (χ4n) is 3.47. The van der Waals surface area contributed by atoms with Crippen molar-refractivity contribution in [1.29, 1.82) is 0 Å². The molecule has 1 unspecified atom stereocenters. The molecule has 0 saturated carbocycles. The fraction of sp³-hybridized carbons (Fsp3) is 0.238. The lowest BCUT2D eigenvalue weighted by atomic mass is 10.1. The number of nitrogens with one attached hydrogen (secondary N) is 1. The number of carbonyl (C=O) groups excluding carboxylic acids is 3. The molecular formula is C21H18Cl2N4O3. The van der Waals surface area contributed by atoms with E-state index in [1.807, 2.05) is 28.8 Å². The predicted octanol–water partition coefficient (Wildman–Crippen LogP) is 2.97. The number of pyridine rings is 1. The Hall–Kier alpha value is -2.90. The second-order valence-corrected chi connectivity index (χ2v) is 7.84. The van der Waals surface area contributed by atoms with Crippen LogP contribution < -0.4 is 5.32 Å². The van der Waals surface area contributed by atoms with Crippen LogP contribution in [-0.2, 0) is 20.9 Å². The molecule has 0 spiro atoms. The van der Waals surface area contributed by atoms with Gasteiger partial charge in [-0.1, -0.05) is 29.3 Å². The van der Waals surface area contributed by atoms with E-state index in [0.29, 0.717) is 22.4 Å². The normalized spacial score (nSPS) is 16.5. The van der Waals surface area contributed by atoms with Gasteiger partial charge in [0.2, 0.25) is 11.7 Å². The summed E-state index contributed by atoms with van der Waals surface area (Å²) in [7, 11) is 0. The van der Waals surface area contributed by atoms with Crippen molar-refractivity contribution in [3.05, 3.63) is 58.3 Å². The van der Waals surface area contributed by atoms with Crippen LogP contribution in [0.3, 0.4) is 0 Å². The first-order valence-electron chi connectivity index (χ1n) is 9.41. The van der Waals surface area contributed by atoms with E-state index >= 15 is 0 Å². The molecule has 3 heterocycles. The lowest BCUT2D eigenvalue weighted by Gasteiger charge is -2.12. The number of imidazole rings is 1. The van der Waals surface area contributed by atoms with Gasteiger partial charge >= 0.3 is 0 Å². The molecule has 154 valence electrons. The third-order valence-corrected chi connectivity index (χ3v) is 5.89. The lowest BCUT2D eigenvalue weighted by molar-refractivity contribution is -0.142. The van der Waals surface area contributed by atoms with E-state index in [2.05, 4.69) is 10.3 Å². The number of amides is 2. The van der Waals surface area contributed by atoms with Crippen LogP contribution in [0.5, 0.6) is 0 Å². The van der Waals surface area contributed by atoms with E-state index in [0.717, 1.165) is 16.6 Å². The molecule has 1 aliphatic heterocycles. The molecule has 9 heteroatoms. The molecule has 0 radical (unpaired) electrons. The van der Waals surface area contributed by atoms with Crippen molar-refractivity contribution in [1.82, 2.24) is 19.6 Å². The Morgan fingerprint density at radius 3 is 2.70 bits per heavy atom. The zero-order valence-electron chi connectivity index (χ0n) is 16.1. The van der Waals surface area contributed by atoms with Crippen molar-refractivity contribution >= 4 is 46.3 Å². The van der Waals surface area contributed by atoms with E-state index < -0.39 is 23.5 Å². The highest BCUT2D eigenvalue weighted by Gasteiger charge is 2.42. The number of benzene rings is 1. The molecule has 1 saturated heterocycles. The smallest absolute Gasteiger partial charge is 0.290 e. The third kappa shape index (κ3) is 3.66. The number of hydrogen-bond donors (Lipinski definition) is 1. The van der Waals surface area contributed by atoms with Crippen LogP contribution in [0, 0.1) is 5.92 Å². The summed E-state index contributed by atoms with van der Waals surface area (Å²) in [5, 5.41) is 3.66. The van der Waals surface area contributed by atoms with Crippen molar-refractivity contribution in [3.8, 4) is 11.4 Å². The van der Waals surface area contributed by atoms with E-state index in [4.69, 9.17) is 23.2 Å². The molecule has 1 aliphatic rings. The van der Waals surface area contributed by atoms with Gasteiger partial charge in [0.1, 0.15) is 11.7 Å². The molecule has 4 rings (SSSR count). The highest BCUT2D eigenvalue weighted by Crippen LogP contribution is 2.28. The first kappa shape index (κ1) is 20.4. The first-order chi connectivity index (χ1) is 14.4. The van der Waals surface area contributed by atoms with Crippen LogP contribution in [0.15, 0.2) is 42.7 Å². The monoisotopic (exact) mass is 444 g/mol. The Morgan fingerprint density at radius 2 is 2.00 bits per heavy atom. The predicted molar refractivity (Wildman–Crippen MR) is 113 cm³/mol. The second kappa shape index (κ2) is 8.08. The maximum absolute atomic E-state index is 12.5. The Labute approximate surface area is 182 Å². The second-order valence-electron chi connectivity index (χ2n) is 7.02. The Bertz CT molecular complexity index is 1170. The van der Waals surface area contributed by atoms with Crippen LogP contribution in [0.2, 0.25) is 10.0 Å². The van der Waals surface area contributed by atoms with Gasteiger partial charge in [0.05, 0.1) is 21.8 Å². The van der Waals surface area contributed by atoms with E-state index in [-0.39, 0.29) is 13.1 Å². The van der Waals surface area contributed by atoms with Crippen molar-refractivity contribution in [2.24, 2.45) is 5.92 Å².